The van der Waals surface area contributed by atoms with E-state index in [2.05, 4.69) is 4.90 Å². The van der Waals surface area contributed by atoms with Gasteiger partial charge in [0.05, 0.1) is 13.2 Å². The Kier molecular flexibility index (Phi) is 2.86. The monoisotopic (exact) mass is 184 g/mol. The van der Waals surface area contributed by atoms with Gasteiger partial charge in [-0.1, -0.05) is 12.8 Å². The number of hydrogen-bond donors (Lipinski definition) is 1. The summed E-state index contributed by atoms with van der Waals surface area (Å²) in [7, 11) is 0. The fourth-order valence-electron chi connectivity index (χ4n) is 2.76. The van der Waals surface area contributed by atoms with E-state index in [-0.39, 0.29) is 0 Å². The molecule has 1 spiro atoms. The van der Waals surface area contributed by atoms with Gasteiger partial charge in [-0.05, 0) is 12.8 Å². The Bertz CT molecular complexity index is 164. The first-order valence-electron chi connectivity index (χ1n) is 5.40. The maximum atomic E-state index is 5.63. The summed E-state index contributed by atoms with van der Waals surface area (Å²) in [6.45, 7) is 4.73. The lowest BCUT2D eigenvalue weighted by Gasteiger charge is -2.44. The normalized spacial score (nSPS) is 28.4. The van der Waals surface area contributed by atoms with Crippen LogP contribution in [0.4, 0.5) is 0 Å². The Morgan fingerprint density at radius 2 is 2.08 bits per heavy atom. The Morgan fingerprint density at radius 3 is 2.77 bits per heavy atom. The number of rotatable bonds is 2. The highest BCUT2D eigenvalue weighted by atomic mass is 16.5. The summed E-state index contributed by atoms with van der Waals surface area (Å²) in [6, 6.07) is 0. The van der Waals surface area contributed by atoms with Gasteiger partial charge in [0.25, 0.3) is 0 Å². The van der Waals surface area contributed by atoms with E-state index < -0.39 is 0 Å². The number of nitrogens with two attached hydrogens (primary N) is 1. The first kappa shape index (κ1) is 9.44. The van der Waals surface area contributed by atoms with Gasteiger partial charge in [-0.2, -0.15) is 0 Å². The molecule has 1 aliphatic heterocycles. The van der Waals surface area contributed by atoms with Gasteiger partial charge in [0, 0.05) is 25.2 Å². The van der Waals surface area contributed by atoms with Gasteiger partial charge in [-0.15, -0.1) is 0 Å². The Balaban J connectivity index is 2.03. The molecule has 1 saturated carbocycles. The van der Waals surface area contributed by atoms with Gasteiger partial charge >= 0.3 is 0 Å². The highest BCUT2D eigenvalue weighted by Gasteiger charge is 2.41. The van der Waals surface area contributed by atoms with E-state index >= 15 is 0 Å². The molecule has 0 bridgehead atoms. The van der Waals surface area contributed by atoms with Crippen LogP contribution in [0.15, 0.2) is 0 Å². The molecular weight excluding hydrogens is 164 g/mol. The fraction of sp³-hybridized carbons (Fsp3) is 1.00. The molecule has 1 aliphatic carbocycles. The Labute approximate surface area is 80.2 Å². The first-order chi connectivity index (χ1) is 6.37. The summed E-state index contributed by atoms with van der Waals surface area (Å²) in [6.07, 6.45) is 5.36. The van der Waals surface area contributed by atoms with Crippen LogP contribution in [0.5, 0.6) is 0 Å². The summed E-state index contributed by atoms with van der Waals surface area (Å²) in [5, 5.41) is 0. The molecule has 76 valence electrons. The van der Waals surface area contributed by atoms with E-state index in [9.17, 15) is 0 Å². The van der Waals surface area contributed by atoms with Gasteiger partial charge in [-0.3, -0.25) is 4.90 Å². The van der Waals surface area contributed by atoms with E-state index in [4.69, 9.17) is 10.5 Å². The average molecular weight is 184 g/mol. The molecular formula is C10H20N2O. The van der Waals surface area contributed by atoms with Crippen LogP contribution in [-0.4, -0.2) is 43.3 Å². The minimum atomic E-state index is 0.373. The summed E-state index contributed by atoms with van der Waals surface area (Å²) in [4.78, 5) is 2.56. The first-order valence-corrected chi connectivity index (χ1v) is 5.40. The van der Waals surface area contributed by atoms with Crippen molar-refractivity contribution in [3.05, 3.63) is 0 Å². The predicted molar refractivity (Wildman–Crippen MR) is 52.6 cm³/mol. The summed E-state index contributed by atoms with van der Waals surface area (Å²) >= 11 is 0. The lowest BCUT2D eigenvalue weighted by Crippen LogP contribution is -2.56. The van der Waals surface area contributed by atoms with Gasteiger partial charge in [0.2, 0.25) is 0 Å². The number of morpholine rings is 1. The van der Waals surface area contributed by atoms with E-state index in [0.29, 0.717) is 5.54 Å². The Morgan fingerprint density at radius 1 is 1.31 bits per heavy atom. The zero-order valence-corrected chi connectivity index (χ0v) is 8.30. The van der Waals surface area contributed by atoms with Crippen molar-refractivity contribution in [1.82, 2.24) is 4.90 Å². The van der Waals surface area contributed by atoms with E-state index in [1.807, 2.05) is 0 Å². The van der Waals surface area contributed by atoms with E-state index in [0.717, 1.165) is 32.8 Å². The molecule has 1 saturated heterocycles. The second-order valence-corrected chi connectivity index (χ2v) is 4.26. The molecule has 0 radical (unpaired) electrons. The van der Waals surface area contributed by atoms with Crippen molar-refractivity contribution in [2.75, 3.05) is 32.8 Å². The SMILES string of the molecule is NCCN1CCOCC12CCCC2. The molecule has 2 fully saturated rings. The summed E-state index contributed by atoms with van der Waals surface area (Å²) in [5.74, 6) is 0. The van der Waals surface area contributed by atoms with Crippen LogP contribution in [0.3, 0.4) is 0 Å². The van der Waals surface area contributed by atoms with Crippen molar-refractivity contribution in [2.24, 2.45) is 5.73 Å². The van der Waals surface area contributed by atoms with Crippen molar-refractivity contribution in [3.63, 3.8) is 0 Å². The zero-order valence-electron chi connectivity index (χ0n) is 8.30. The maximum absolute atomic E-state index is 5.63. The van der Waals surface area contributed by atoms with Gasteiger partial charge < -0.3 is 10.5 Å². The smallest absolute Gasteiger partial charge is 0.0651 e. The van der Waals surface area contributed by atoms with Crippen LogP contribution in [-0.2, 0) is 4.74 Å². The zero-order chi connectivity index (χ0) is 9.15. The summed E-state index contributed by atoms with van der Waals surface area (Å²) in [5.41, 5.74) is 6.00. The standard InChI is InChI=1S/C10H20N2O/c11-5-6-12-7-8-13-9-10(12)3-1-2-4-10/h1-9,11H2. The van der Waals surface area contributed by atoms with Crippen LogP contribution in [0.25, 0.3) is 0 Å². The van der Waals surface area contributed by atoms with Crippen LogP contribution in [0.2, 0.25) is 0 Å². The van der Waals surface area contributed by atoms with Crippen molar-refractivity contribution in [1.29, 1.82) is 0 Å². The quantitative estimate of drug-likeness (QED) is 0.682. The topological polar surface area (TPSA) is 38.5 Å². The minimum Gasteiger partial charge on any atom is -0.378 e. The largest absolute Gasteiger partial charge is 0.378 e. The molecule has 3 heteroatoms. The fourth-order valence-corrected chi connectivity index (χ4v) is 2.76. The molecule has 0 atom stereocenters. The van der Waals surface area contributed by atoms with Gasteiger partial charge in [0.1, 0.15) is 0 Å². The third-order valence-corrected chi connectivity index (χ3v) is 3.48. The molecule has 0 aromatic rings. The number of nitrogens with zero attached hydrogens (tertiary/aromatic N) is 1. The van der Waals surface area contributed by atoms with Crippen LogP contribution in [0, 0.1) is 0 Å². The lowest BCUT2D eigenvalue weighted by molar-refractivity contribution is -0.0642. The van der Waals surface area contributed by atoms with Crippen molar-refractivity contribution >= 4 is 0 Å². The average Bonchev–Trinajstić information content (AvgIpc) is 2.59. The maximum Gasteiger partial charge on any atom is 0.0651 e. The highest BCUT2D eigenvalue weighted by Crippen LogP contribution is 2.36. The molecule has 2 aliphatic rings. The predicted octanol–water partition coefficient (Wildman–Crippen LogP) is 0.590. The summed E-state index contributed by atoms with van der Waals surface area (Å²) < 4.78 is 5.60. The van der Waals surface area contributed by atoms with Crippen molar-refractivity contribution in [3.8, 4) is 0 Å². The molecule has 13 heavy (non-hydrogen) atoms. The van der Waals surface area contributed by atoms with Crippen LogP contribution in [0.1, 0.15) is 25.7 Å². The van der Waals surface area contributed by atoms with Crippen LogP contribution < -0.4 is 5.73 Å². The Hall–Kier alpha value is -0.120. The van der Waals surface area contributed by atoms with Crippen molar-refractivity contribution in [2.45, 2.75) is 31.2 Å². The molecule has 3 nitrogen and oxygen atoms in total. The molecule has 0 amide bonds. The van der Waals surface area contributed by atoms with Gasteiger partial charge in [0.15, 0.2) is 0 Å². The van der Waals surface area contributed by atoms with Crippen LogP contribution >= 0.6 is 0 Å². The molecule has 0 aromatic carbocycles. The number of hydrogen-bond acceptors (Lipinski definition) is 3. The molecule has 2 rings (SSSR count). The number of ether oxygens (including phenoxy) is 1. The molecule has 0 aromatic heterocycles. The molecule has 0 unspecified atom stereocenters. The molecule has 1 heterocycles. The second-order valence-electron chi connectivity index (χ2n) is 4.26. The van der Waals surface area contributed by atoms with E-state index in [1.165, 1.54) is 25.7 Å². The van der Waals surface area contributed by atoms with Crippen molar-refractivity contribution < 1.29 is 4.74 Å². The third kappa shape index (κ3) is 1.73. The molecule has 2 N–H and O–H groups in total. The van der Waals surface area contributed by atoms with Gasteiger partial charge in [-0.25, -0.2) is 0 Å². The highest BCUT2D eigenvalue weighted by molar-refractivity contribution is 4.96. The second kappa shape index (κ2) is 3.95. The van der Waals surface area contributed by atoms with E-state index in [1.54, 1.807) is 0 Å². The minimum absolute atomic E-state index is 0.373. The lowest BCUT2D eigenvalue weighted by atomic mass is 9.95. The third-order valence-electron chi connectivity index (χ3n) is 3.48.